The number of fused-ring (bicyclic) bond motifs is 1. The van der Waals surface area contributed by atoms with Gasteiger partial charge >= 0.3 is 5.97 Å². The van der Waals surface area contributed by atoms with Gasteiger partial charge in [0.1, 0.15) is 5.65 Å². The molecule has 2 aromatic rings. The van der Waals surface area contributed by atoms with Gasteiger partial charge in [-0.1, -0.05) is 11.6 Å². The summed E-state index contributed by atoms with van der Waals surface area (Å²) in [5, 5.41) is 19.5. The van der Waals surface area contributed by atoms with Crippen LogP contribution in [0.3, 0.4) is 0 Å². The van der Waals surface area contributed by atoms with Crippen LogP contribution in [0.1, 0.15) is 28.6 Å². The highest BCUT2D eigenvalue weighted by Gasteiger charge is 2.25. The molecule has 0 aliphatic carbocycles. The maximum absolute atomic E-state index is 10.9. The number of halogens is 1. The van der Waals surface area contributed by atoms with Gasteiger partial charge in [-0.25, -0.2) is 9.78 Å². The van der Waals surface area contributed by atoms with Gasteiger partial charge in [0.15, 0.2) is 6.10 Å². The number of nitrogens with one attached hydrogen (secondary N) is 1. The molecule has 0 bridgehead atoms. The zero-order chi connectivity index (χ0) is 13.6. The van der Waals surface area contributed by atoms with E-state index in [9.17, 15) is 9.90 Å². The third kappa shape index (κ3) is 1.76. The SMILES string of the molecule is Cc1nc2[nH]c(C)c(C)c2c(Cl)c1C(O)C(=O)O. The summed E-state index contributed by atoms with van der Waals surface area (Å²) in [6.45, 7) is 5.38. The van der Waals surface area contributed by atoms with Crippen LogP contribution in [0.15, 0.2) is 0 Å². The van der Waals surface area contributed by atoms with Crippen LogP contribution in [0, 0.1) is 20.8 Å². The Morgan fingerprint density at radius 2 is 2.00 bits per heavy atom. The Morgan fingerprint density at radius 1 is 1.39 bits per heavy atom. The molecular formula is C12H13ClN2O3. The highest BCUT2D eigenvalue weighted by atomic mass is 35.5. The maximum Gasteiger partial charge on any atom is 0.337 e. The monoisotopic (exact) mass is 268 g/mol. The van der Waals surface area contributed by atoms with Crippen LogP contribution >= 0.6 is 11.6 Å². The first-order chi connectivity index (χ1) is 8.34. The van der Waals surface area contributed by atoms with Crippen LogP contribution in [0.2, 0.25) is 5.02 Å². The zero-order valence-electron chi connectivity index (χ0n) is 10.2. The first-order valence-electron chi connectivity index (χ1n) is 5.40. The number of aliphatic hydroxyl groups excluding tert-OH is 1. The fourth-order valence-corrected chi connectivity index (χ4v) is 2.49. The molecule has 0 spiro atoms. The Labute approximate surface area is 108 Å². The zero-order valence-corrected chi connectivity index (χ0v) is 11.0. The Kier molecular flexibility index (Phi) is 3.04. The minimum absolute atomic E-state index is 0.152. The Balaban J connectivity index is 2.83. The third-order valence-corrected chi connectivity index (χ3v) is 3.51. The van der Waals surface area contributed by atoms with Crippen LogP contribution < -0.4 is 0 Å². The maximum atomic E-state index is 10.9. The normalized spacial score (nSPS) is 12.9. The van der Waals surface area contributed by atoms with Gasteiger partial charge in [0.25, 0.3) is 0 Å². The summed E-state index contributed by atoms with van der Waals surface area (Å²) in [5.41, 5.74) is 2.98. The number of aromatic amines is 1. The lowest BCUT2D eigenvalue weighted by molar-refractivity contribution is -0.147. The molecule has 0 radical (unpaired) electrons. The first kappa shape index (κ1) is 12.9. The number of aryl methyl sites for hydroxylation is 3. The number of hydrogen-bond acceptors (Lipinski definition) is 3. The van der Waals surface area contributed by atoms with Gasteiger partial charge in [0, 0.05) is 22.3 Å². The number of aliphatic carboxylic acids is 1. The summed E-state index contributed by atoms with van der Waals surface area (Å²) >= 11 is 6.22. The second kappa shape index (κ2) is 4.26. The van der Waals surface area contributed by atoms with Crippen molar-refractivity contribution in [2.75, 3.05) is 0 Å². The Morgan fingerprint density at radius 3 is 2.56 bits per heavy atom. The average molecular weight is 269 g/mol. The van der Waals surface area contributed by atoms with E-state index >= 15 is 0 Å². The van der Waals surface area contributed by atoms with Crippen molar-refractivity contribution in [1.82, 2.24) is 9.97 Å². The van der Waals surface area contributed by atoms with Gasteiger partial charge < -0.3 is 15.2 Å². The Bertz CT molecular complexity index is 649. The van der Waals surface area contributed by atoms with Gasteiger partial charge in [-0.05, 0) is 26.3 Å². The van der Waals surface area contributed by atoms with Crippen molar-refractivity contribution in [3.63, 3.8) is 0 Å². The molecule has 0 amide bonds. The molecule has 3 N–H and O–H groups in total. The number of rotatable bonds is 2. The van der Waals surface area contributed by atoms with Gasteiger partial charge in [0.05, 0.1) is 5.02 Å². The molecule has 0 fully saturated rings. The molecular weight excluding hydrogens is 256 g/mol. The molecule has 0 aliphatic heterocycles. The van der Waals surface area contributed by atoms with E-state index in [0.717, 1.165) is 11.3 Å². The predicted octanol–water partition coefficient (Wildman–Crippen LogP) is 2.26. The van der Waals surface area contributed by atoms with Gasteiger partial charge in [-0.3, -0.25) is 0 Å². The number of hydrogen-bond donors (Lipinski definition) is 3. The molecule has 18 heavy (non-hydrogen) atoms. The summed E-state index contributed by atoms with van der Waals surface area (Å²) in [7, 11) is 0. The lowest BCUT2D eigenvalue weighted by Crippen LogP contribution is -2.13. The number of pyridine rings is 1. The second-order valence-corrected chi connectivity index (χ2v) is 4.64. The smallest absolute Gasteiger partial charge is 0.337 e. The minimum Gasteiger partial charge on any atom is -0.479 e. The Hall–Kier alpha value is -1.59. The van der Waals surface area contributed by atoms with Crippen molar-refractivity contribution in [3.8, 4) is 0 Å². The fourth-order valence-electron chi connectivity index (χ4n) is 2.01. The van der Waals surface area contributed by atoms with E-state index in [1.807, 2.05) is 13.8 Å². The number of carboxylic acid groups (broad SMARTS) is 1. The minimum atomic E-state index is -1.66. The average Bonchev–Trinajstić information content (AvgIpc) is 2.54. The van der Waals surface area contributed by atoms with Gasteiger partial charge in [0.2, 0.25) is 0 Å². The van der Waals surface area contributed by atoms with Gasteiger partial charge in [-0.15, -0.1) is 0 Å². The van der Waals surface area contributed by atoms with Crippen molar-refractivity contribution < 1.29 is 15.0 Å². The van der Waals surface area contributed by atoms with E-state index < -0.39 is 12.1 Å². The molecule has 1 atom stereocenters. The molecule has 2 rings (SSSR count). The summed E-state index contributed by atoms with van der Waals surface area (Å²) in [6, 6.07) is 0. The summed E-state index contributed by atoms with van der Waals surface area (Å²) in [4.78, 5) is 18.2. The molecule has 0 saturated heterocycles. The van der Waals surface area contributed by atoms with Crippen LogP contribution in [-0.2, 0) is 4.79 Å². The van der Waals surface area contributed by atoms with Crippen molar-refractivity contribution in [3.05, 3.63) is 27.5 Å². The number of aliphatic hydroxyl groups is 1. The molecule has 2 aromatic heterocycles. The van der Waals surface area contributed by atoms with E-state index in [4.69, 9.17) is 16.7 Å². The lowest BCUT2D eigenvalue weighted by atomic mass is 10.0. The quantitative estimate of drug-likeness (QED) is 0.780. The lowest BCUT2D eigenvalue weighted by Gasteiger charge is -2.12. The van der Waals surface area contributed by atoms with Crippen LogP contribution in [0.4, 0.5) is 0 Å². The van der Waals surface area contributed by atoms with Crippen LogP contribution in [0.5, 0.6) is 0 Å². The molecule has 5 nitrogen and oxygen atoms in total. The molecule has 0 saturated carbocycles. The van der Waals surface area contributed by atoms with E-state index in [1.165, 1.54) is 0 Å². The first-order valence-corrected chi connectivity index (χ1v) is 5.78. The number of aromatic nitrogens is 2. The molecule has 96 valence electrons. The third-order valence-electron chi connectivity index (χ3n) is 3.11. The van der Waals surface area contributed by atoms with E-state index in [2.05, 4.69) is 9.97 Å². The molecule has 6 heteroatoms. The van der Waals surface area contributed by atoms with Crippen molar-refractivity contribution >= 4 is 28.6 Å². The van der Waals surface area contributed by atoms with Crippen LogP contribution in [-0.4, -0.2) is 26.2 Å². The fraction of sp³-hybridized carbons (Fsp3) is 0.333. The topological polar surface area (TPSA) is 86.2 Å². The number of carboxylic acids is 1. The standard InChI is InChI=1S/C12H13ClN2O3/c1-4-5(2)14-11-7(4)9(13)8(6(3)15-11)10(16)12(17)18/h10,16H,1-3H3,(H,14,15)(H,17,18). The molecule has 0 aliphatic rings. The van der Waals surface area contributed by atoms with Gasteiger partial charge in [-0.2, -0.15) is 0 Å². The van der Waals surface area contributed by atoms with E-state index in [-0.39, 0.29) is 10.6 Å². The molecule has 1 unspecified atom stereocenters. The molecule has 2 heterocycles. The molecule has 0 aromatic carbocycles. The van der Waals surface area contributed by atoms with Crippen molar-refractivity contribution in [2.24, 2.45) is 0 Å². The van der Waals surface area contributed by atoms with Crippen molar-refractivity contribution in [2.45, 2.75) is 26.9 Å². The van der Waals surface area contributed by atoms with Crippen molar-refractivity contribution in [1.29, 1.82) is 0 Å². The summed E-state index contributed by atoms with van der Waals surface area (Å²) < 4.78 is 0. The number of carbonyl (C=O) groups is 1. The second-order valence-electron chi connectivity index (χ2n) is 4.26. The summed E-state index contributed by atoms with van der Waals surface area (Å²) in [5.74, 6) is -1.34. The number of H-pyrrole nitrogens is 1. The van der Waals surface area contributed by atoms with E-state index in [0.29, 0.717) is 16.7 Å². The largest absolute Gasteiger partial charge is 0.479 e. The summed E-state index contributed by atoms with van der Waals surface area (Å²) in [6.07, 6.45) is -1.66. The van der Waals surface area contributed by atoms with Crippen LogP contribution in [0.25, 0.3) is 11.0 Å². The highest BCUT2D eigenvalue weighted by molar-refractivity contribution is 6.36. The highest BCUT2D eigenvalue weighted by Crippen LogP contribution is 2.35. The predicted molar refractivity (Wildman–Crippen MR) is 67.9 cm³/mol. The number of nitrogens with zero attached hydrogens (tertiary/aromatic N) is 1. The van der Waals surface area contributed by atoms with E-state index in [1.54, 1.807) is 6.92 Å².